The van der Waals surface area contributed by atoms with E-state index in [0.29, 0.717) is 12.5 Å². The van der Waals surface area contributed by atoms with Gasteiger partial charge in [-0.3, -0.25) is 4.68 Å². The summed E-state index contributed by atoms with van der Waals surface area (Å²) in [6, 6.07) is 4.03. The van der Waals surface area contributed by atoms with Gasteiger partial charge in [0.15, 0.2) is 0 Å². The summed E-state index contributed by atoms with van der Waals surface area (Å²) in [7, 11) is 0. The highest BCUT2D eigenvalue weighted by atomic mass is 16.3. The Bertz CT molecular complexity index is 485. The van der Waals surface area contributed by atoms with Crippen LogP contribution in [0.5, 0.6) is 0 Å². The van der Waals surface area contributed by atoms with Crippen LogP contribution in [0.4, 0.5) is 0 Å². The smallest absolute Gasteiger partial charge is 0.129 e. The Hall–Kier alpha value is -1.55. The van der Waals surface area contributed by atoms with E-state index in [1.807, 2.05) is 29.9 Å². The largest absolute Gasteiger partial charge is 0.467 e. The number of nitrogens with one attached hydrogen (secondary N) is 1. The Morgan fingerprint density at radius 1 is 1.39 bits per heavy atom. The van der Waals surface area contributed by atoms with Gasteiger partial charge in [-0.15, -0.1) is 0 Å². The van der Waals surface area contributed by atoms with E-state index >= 15 is 0 Å². The van der Waals surface area contributed by atoms with E-state index < -0.39 is 0 Å². The first kappa shape index (κ1) is 12.9. The molecule has 18 heavy (non-hydrogen) atoms. The predicted octanol–water partition coefficient (Wildman–Crippen LogP) is 2.58. The highest BCUT2D eigenvalue weighted by Crippen LogP contribution is 2.12. The molecule has 0 atom stereocenters. The number of aromatic nitrogens is 2. The van der Waals surface area contributed by atoms with Crippen molar-refractivity contribution in [2.75, 3.05) is 6.54 Å². The van der Waals surface area contributed by atoms with Gasteiger partial charge in [0.2, 0.25) is 0 Å². The monoisotopic (exact) mass is 247 g/mol. The fourth-order valence-electron chi connectivity index (χ4n) is 1.86. The van der Waals surface area contributed by atoms with Crippen LogP contribution in [-0.2, 0) is 13.1 Å². The first-order valence-electron chi connectivity index (χ1n) is 6.41. The van der Waals surface area contributed by atoms with Crippen molar-refractivity contribution in [1.82, 2.24) is 15.1 Å². The summed E-state index contributed by atoms with van der Waals surface area (Å²) >= 11 is 0. The maximum Gasteiger partial charge on any atom is 0.129 e. The molecule has 2 rings (SSSR count). The van der Waals surface area contributed by atoms with Crippen LogP contribution in [0.15, 0.2) is 29.0 Å². The minimum atomic E-state index is 0.661. The lowest BCUT2D eigenvalue weighted by atomic mass is 10.2. The lowest BCUT2D eigenvalue weighted by Crippen LogP contribution is -2.19. The number of furan rings is 1. The molecule has 4 nitrogen and oxygen atoms in total. The molecule has 0 aliphatic heterocycles. The van der Waals surface area contributed by atoms with E-state index in [0.717, 1.165) is 24.5 Å². The van der Waals surface area contributed by atoms with Crippen molar-refractivity contribution in [2.45, 2.75) is 33.9 Å². The molecule has 0 fully saturated rings. The summed E-state index contributed by atoms with van der Waals surface area (Å²) in [5.74, 6) is 1.64. The second kappa shape index (κ2) is 5.87. The maximum atomic E-state index is 5.53. The predicted molar refractivity (Wildman–Crippen MR) is 71.3 cm³/mol. The molecule has 4 heteroatoms. The highest BCUT2D eigenvalue weighted by Gasteiger charge is 2.07. The van der Waals surface area contributed by atoms with Crippen molar-refractivity contribution < 1.29 is 4.42 Å². The van der Waals surface area contributed by atoms with Crippen molar-refractivity contribution in [1.29, 1.82) is 0 Å². The molecular weight excluding hydrogens is 226 g/mol. The van der Waals surface area contributed by atoms with Gasteiger partial charge in [0.25, 0.3) is 0 Å². The lowest BCUT2D eigenvalue weighted by molar-refractivity contribution is 0.469. The van der Waals surface area contributed by atoms with Gasteiger partial charge in [-0.2, -0.15) is 5.10 Å². The first-order valence-corrected chi connectivity index (χ1v) is 6.41. The summed E-state index contributed by atoms with van der Waals surface area (Å²) in [5.41, 5.74) is 2.24. The zero-order valence-electron chi connectivity index (χ0n) is 11.3. The topological polar surface area (TPSA) is 43.0 Å². The molecule has 0 aliphatic carbocycles. The lowest BCUT2D eigenvalue weighted by Gasteiger charge is -2.07. The van der Waals surface area contributed by atoms with Crippen LogP contribution in [-0.4, -0.2) is 16.3 Å². The molecule has 98 valence electrons. The highest BCUT2D eigenvalue weighted by molar-refractivity contribution is 5.17. The Morgan fingerprint density at radius 2 is 2.22 bits per heavy atom. The number of hydrogen-bond acceptors (Lipinski definition) is 3. The molecular formula is C14H21N3O. The summed E-state index contributed by atoms with van der Waals surface area (Å²) in [6.07, 6.45) is 3.72. The molecule has 0 aliphatic rings. The minimum absolute atomic E-state index is 0.661. The van der Waals surface area contributed by atoms with Crippen molar-refractivity contribution in [3.63, 3.8) is 0 Å². The SMILES string of the molecule is Cc1ccn(Cc2occc2CNCC(C)C)n1. The van der Waals surface area contributed by atoms with Crippen LogP contribution in [0, 0.1) is 12.8 Å². The Labute approximate surface area is 108 Å². The fourth-order valence-corrected chi connectivity index (χ4v) is 1.86. The quantitative estimate of drug-likeness (QED) is 0.853. The summed E-state index contributed by atoms with van der Waals surface area (Å²) in [6.45, 7) is 8.96. The van der Waals surface area contributed by atoms with Gasteiger partial charge in [-0.25, -0.2) is 0 Å². The number of rotatable bonds is 6. The second-order valence-electron chi connectivity index (χ2n) is 5.05. The van der Waals surface area contributed by atoms with Crippen molar-refractivity contribution in [3.8, 4) is 0 Å². The molecule has 2 aromatic rings. The first-order chi connectivity index (χ1) is 8.65. The van der Waals surface area contributed by atoms with E-state index in [2.05, 4.69) is 24.3 Å². The van der Waals surface area contributed by atoms with Gasteiger partial charge in [0.05, 0.1) is 18.5 Å². The zero-order chi connectivity index (χ0) is 13.0. The second-order valence-corrected chi connectivity index (χ2v) is 5.05. The molecule has 1 N–H and O–H groups in total. The number of hydrogen-bond donors (Lipinski definition) is 1. The molecule has 2 aromatic heterocycles. The van der Waals surface area contributed by atoms with Gasteiger partial charge in [-0.05, 0) is 31.5 Å². The summed E-state index contributed by atoms with van der Waals surface area (Å²) in [5, 5.41) is 7.80. The van der Waals surface area contributed by atoms with Crippen molar-refractivity contribution in [3.05, 3.63) is 41.6 Å². The van der Waals surface area contributed by atoms with Crippen LogP contribution in [0.3, 0.4) is 0 Å². The maximum absolute atomic E-state index is 5.53. The minimum Gasteiger partial charge on any atom is -0.467 e. The third-order valence-electron chi connectivity index (χ3n) is 2.79. The molecule has 0 spiro atoms. The standard InChI is InChI=1S/C14H21N3O/c1-11(2)8-15-9-13-5-7-18-14(13)10-17-6-4-12(3)16-17/h4-7,11,15H,8-10H2,1-3H3. The molecule has 0 saturated carbocycles. The summed E-state index contributed by atoms with van der Waals surface area (Å²) in [4.78, 5) is 0. The zero-order valence-corrected chi connectivity index (χ0v) is 11.3. The third-order valence-corrected chi connectivity index (χ3v) is 2.79. The Balaban J connectivity index is 1.95. The third kappa shape index (κ3) is 3.47. The van der Waals surface area contributed by atoms with E-state index in [1.54, 1.807) is 6.26 Å². The molecule has 0 amide bonds. The van der Waals surface area contributed by atoms with Crippen LogP contribution >= 0.6 is 0 Å². The average Bonchev–Trinajstić information content (AvgIpc) is 2.89. The Morgan fingerprint density at radius 3 is 2.89 bits per heavy atom. The van der Waals surface area contributed by atoms with Crippen LogP contribution in [0.25, 0.3) is 0 Å². The van der Waals surface area contributed by atoms with E-state index in [1.165, 1.54) is 5.56 Å². The van der Waals surface area contributed by atoms with E-state index in [4.69, 9.17) is 4.42 Å². The molecule has 0 saturated heterocycles. The molecule has 0 aromatic carbocycles. The van der Waals surface area contributed by atoms with Gasteiger partial charge < -0.3 is 9.73 Å². The molecule has 0 unspecified atom stereocenters. The van der Waals surface area contributed by atoms with Crippen molar-refractivity contribution in [2.24, 2.45) is 5.92 Å². The van der Waals surface area contributed by atoms with Gasteiger partial charge >= 0.3 is 0 Å². The van der Waals surface area contributed by atoms with E-state index in [9.17, 15) is 0 Å². The molecule has 2 heterocycles. The normalized spacial score (nSPS) is 11.3. The molecule has 0 radical (unpaired) electrons. The number of nitrogens with zero attached hydrogens (tertiary/aromatic N) is 2. The van der Waals surface area contributed by atoms with Gasteiger partial charge in [0.1, 0.15) is 5.76 Å². The fraction of sp³-hybridized carbons (Fsp3) is 0.500. The average molecular weight is 247 g/mol. The summed E-state index contributed by atoms with van der Waals surface area (Å²) < 4.78 is 7.44. The van der Waals surface area contributed by atoms with Crippen LogP contribution in [0.1, 0.15) is 30.9 Å². The van der Waals surface area contributed by atoms with Crippen molar-refractivity contribution >= 4 is 0 Å². The molecule has 0 bridgehead atoms. The van der Waals surface area contributed by atoms with Gasteiger partial charge in [-0.1, -0.05) is 13.8 Å². The van der Waals surface area contributed by atoms with Crippen LogP contribution < -0.4 is 5.32 Å². The van der Waals surface area contributed by atoms with E-state index in [-0.39, 0.29) is 0 Å². The van der Waals surface area contributed by atoms with Gasteiger partial charge in [0, 0.05) is 18.3 Å². The Kier molecular flexibility index (Phi) is 4.20. The van der Waals surface area contributed by atoms with Crippen LogP contribution in [0.2, 0.25) is 0 Å². The number of aryl methyl sites for hydroxylation is 1.